The minimum atomic E-state index is -0.618. The van der Waals surface area contributed by atoms with Crippen molar-refractivity contribution in [3.05, 3.63) is 57.5 Å². The van der Waals surface area contributed by atoms with E-state index >= 15 is 0 Å². The first-order valence-corrected chi connectivity index (χ1v) is 7.62. The molecule has 0 aliphatic heterocycles. The number of anilines is 1. The lowest BCUT2D eigenvalue weighted by Crippen LogP contribution is -2.30. The third kappa shape index (κ3) is 4.48. The van der Waals surface area contributed by atoms with Crippen molar-refractivity contribution in [2.75, 3.05) is 5.32 Å². The van der Waals surface area contributed by atoms with E-state index in [4.69, 9.17) is 16.3 Å². The highest BCUT2D eigenvalue weighted by Crippen LogP contribution is 2.21. The molecule has 0 aliphatic carbocycles. The Morgan fingerprint density at radius 2 is 2.05 bits per heavy atom. The van der Waals surface area contributed by atoms with Crippen LogP contribution in [-0.4, -0.2) is 12.0 Å². The van der Waals surface area contributed by atoms with Crippen LogP contribution in [0.1, 0.15) is 12.5 Å². The van der Waals surface area contributed by atoms with Gasteiger partial charge in [-0.25, -0.2) is 0 Å². The largest absolute Gasteiger partial charge is 0.481 e. The fourth-order valence-corrected chi connectivity index (χ4v) is 2.19. The van der Waals surface area contributed by atoms with Crippen LogP contribution < -0.4 is 10.1 Å². The van der Waals surface area contributed by atoms with Crippen LogP contribution in [0.15, 0.2) is 46.9 Å². The molecule has 1 amide bonds. The van der Waals surface area contributed by atoms with E-state index in [0.29, 0.717) is 10.8 Å². The first-order chi connectivity index (χ1) is 9.95. The average Bonchev–Trinajstić information content (AvgIpc) is 2.43. The topological polar surface area (TPSA) is 38.3 Å². The van der Waals surface area contributed by atoms with Gasteiger partial charge in [-0.2, -0.15) is 0 Å². The summed E-state index contributed by atoms with van der Waals surface area (Å²) in [5, 5.41) is 3.40. The number of carbonyl (C=O) groups is 1. The van der Waals surface area contributed by atoms with Crippen LogP contribution in [0.4, 0.5) is 5.69 Å². The maximum absolute atomic E-state index is 12.1. The molecule has 21 heavy (non-hydrogen) atoms. The van der Waals surface area contributed by atoms with Crippen molar-refractivity contribution in [1.29, 1.82) is 0 Å². The van der Waals surface area contributed by atoms with Crippen molar-refractivity contribution in [2.24, 2.45) is 0 Å². The molecule has 2 aromatic carbocycles. The molecule has 3 nitrogen and oxygen atoms in total. The van der Waals surface area contributed by atoms with E-state index in [0.717, 1.165) is 15.7 Å². The molecule has 2 aromatic rings. The molecule has 0 radical (unpaired) electrons. The summed E-state index contributed by atoms with van der Waals surface area (Å²) in [6.07, 6.45) is -0.618. The van der Waals surface area contributed by atoms with E-state index in [-0.39, 0.29) is 5.91 Å². The van der Waals surface area contributed by atoms with E-state index in [2.05, 4.69) is 21.2 Å². The second-order valence-electron chi connectivity index (χ2n) is 4.67. The van der Waals surface area contributed by atoms with E-state index < -0.39 is 6.10 Å². The van der Waals surface area contributed by atoms with Crippen LogP contribution in [0.5, 0.6) is 5.75 Å². The first kappa shape index (κ1) is 15.9. The maximum Gasteiger partial charge on any atom is 0.265 e. The quantitative estimate of drug-likeness (QED) is 0.840. The lowest BCUT2D eigenvalue weighted by molar-refractivity contribution is -0.122. The van der Waals surface area contributed by atoms with Crippen molar-refractivity contribution in [1.82, 2.24) is 0 Å². The van der Waals surface area contributed by atoms with Gasteiger partial charge in [-0.05, 0) is 55.8 Å². The highest BCUT2D eigenvalue weighted by molar-refractivity contribution is 9.10. The van der Waals surface area contributed by atoms with Crippen molar-refractivity contribution in [2.45, 2.75) is 20.0 Å². The maximum atomic E-state index is 12.1. The van der Waals surface area contributed by atoms with Crippen LogP contribution in [0.2, 0.25) is 5.02 Å². The fourth-order valence-electron chi connectivity index (χ4n) is 1.76. The van der Waals surface area contributed by atoms with E-state index in [1.54, 1.807) is 31.2 Å². The second-order valence-corrected chi connectivity index (χ2v) is 5.96. The number of benzene rings is 2. The van der Waals surface area contributed by atoms with Gasteiger partial charge in [0, 0.05) is 15.2 Å². The zero-order valence-electron chi connectivity index (χ0n) is 11.7. The summed E-state index contributed by atoms with van der Waals surface area (Å²) in [5.41, 5.74) is 1.79. The molecule has 5 heteroatoms. The molecule has 1 N–H and O–H groups in total. The van der Waals surface area contributed by atoms with Crippen LogP contribution in [0, 0.1) is 6.92 Å². The molecule has 0 saturated carbocycles. The average molecular weight is 369 g/mol. The minimum absolute atomic E-state index is 0.211. The number of halogens is 2. The molecule has 2 rings (SSSR count). The Hall–Kier alpha value is -1.52. The molecule has 110 valence electrons. The van der Waals surface area contributed by atoms with E-state index in [9.17, 15) is 4.79 Å². The van der Waals surface area contributed by atoms with Gasteiger partial charge in [-0.15, -0.1) is 0 Å². The van der Waals surface area contributed by atoms with Gasteiger partial charge in [0.2, 0.25) is 0 Å². The molecule has 0 aromatic heterocycles. The molecule has 0 saturated heterocycles. The van der Waals surface area contributed by atoms with Crippen molar-refractivity contribution in [3.63, 3.8) is 0 Å². The van der Waals surface area contributed by atoms with Gasteiger partial charge in [-0.3, -0.25) is 4.79 Å². The molecule has 0 unspecified atom stereocenters. The van der Waals surface area contributed by atoms with Crippen LogP contribution in [-0.2, 0) is 4.79 Å². The van der Waals surface area contributed by atoms with E-state index in [1.165, 1.54) is 0 Å². The zero-order chi connectivity index (χ0) is 15.4. The Bertz CT molecular complexity index is 660. The van der Waals surface area contributed by atoms with Crippen LogP contribution >= 0.6 is 27.5 Å². The highest BCUT2D eigenvalue weighted by Gasteiger charge is 2.15. The number of carbonyl (C=O) groups excluding carboxylic acids is 1. The first-order valence-electron chi connectivity index (χ1n) is 6.45. The van der Waals surface area contributed by atoms with Crippen molar-refractivity contribution >= 4 is 39.1 Å². The number of amides is 1. The molecular weight excluding hydrogens is 354 g/mol. The monoisotopic (exact) mass is 367 g/mol. The van der Waals surface area contributed by atoms with Gasteiger partial charge in [-0.1, -0.05) is 33.6 Å². The Balaban J connectivity index is 2.00. The standard InChI is InChI=1S/C16H15BrClNO2/c1-10-8-13(6-7-15(10)17)19-16(20)11(2)21-14-5-3-4-12(18)9-14/h3-9,11H,1-2H3,(H,19,20)/t11-/m0/s1. The Labute approximate surface area is 137 Å². The summed E-state index contributed by atoms with van der Waals surface area (Å²) in [6, 6.07) is 12.6. The molecule has 0 aliphatic rings. The van der Waals surface area contributed by atoms with Gasteiger partial charge >= 0.3 is 0 Å². The van der Waals surface area contributed by atoms with Gasteiger partial charge < -0.3 is 10.1 Å². The summed E-state index contributed by atoms with van der Waals surface area (Å²) < 4.78 is 6.58. The van der Waals surface area contributed by atoms with Gasteiger partial charge in [0.05, 0.1) is 0 Å². The van der Waals surface area contributed by atoms with E-state index in [1.807, 2.05) is 25.1 Å². The molecule has 0 fully saturated rings. The summed E-state index contributed by atoms with van der Waals surface area (Å²) in [5.74, 6) is 0.355. The summed E-state index contributed by atoms with van der Waals surface area (Å²) in [7, 11) is 0. The number of nitrogens with one attached hydrogen (secondary N) is 1. The lowest BCUT2D eigenvalue weighted by atomic mass is 10.2. The van der Waals surface area contributed by atoms with Crippen molar-refractivity contribution in [3.8, 4) is 5.75 Å². The number of ether oxygens (including phenoxy) is 1. The fraction of sp³-hybridized carbons (Fsp3) is 0.188. The van der Waals surface area contributed by atoms with Crippen LogP contribution in [0.3, 0.4) is 0 Å². The Kier molecular flexibility index (Phi) is 5.26. The summed E-state index contributed by atoms with van der Waals surface area (Å²) in [6.45, 7) is 3.66. The third-order valence-electron chi connectivity index (χ3n) is 2.90. The summed E-state index contributed by atoms with van der Waals surface area (Å²) in [4.78, 5) is 12.1. The highest BCUT2D eigenvalue weighted by atomic mass is 79.9. The Morgan fingerprint density at radius 1 is 1.29 bits per heavy atom. The number of hydrogen-bond acceptors (Lipinski definition) is 2. The lowest BCUT2D eigenvalue weighted by Gasteiger charge is -2.15. The molecule has 0 bridgehead atoms. The third-order valence-corrected chi connectivity index (χ3v) is 4.03. The normalized spacial score (nSPS) is 11.8. The summed E-state index contributed by atoms with van der Waals surface area (Å²) >= 11 is 9.31. The Morgan fingerprint density at radius 3 is 2.71 bits per heavy atom. The number of aryl methyl sites for hydroxylation is 1. The van der Waals surface area contributed by atoms with Gasteiger partial charge in [0.15, 0.2) is 6.10 Å². The molecular formula is C16H15BrClNO2. The smallest absolute Gasteiger partial charge is 0.265 e. The molecule has 1 atom stereocenters. The number of hydrogen-bond donors (Lipinski definition) is 1. The van der Waals surface area contributed by atoms with Gasteiger partial charge in [0.25, 0.3) is 5.91 Å². The van der Waals surface area contributed by atoms with Crippen LogP contribution in [0.25, 0.3) is 0 Å². The van der Waals surface area contributed by atoms with Gasteiger partial charge in [0.1, 0.15) is 5.75 Å². The molecule has 0 spiro atoms. The predicted octanol–water partition coefficient (Wildman–Crippen LogP) is 4.82. The second kappa shape index (κ2) is 6.96. The van der Waals surface area contributed by atoms with Crippen molar-refractivity contribution < 1.29 is 9.53 Å². The SMILES string of the molecule is Cc1cc(NC(=O)[C@H](C)Oc2cccc(Cl)c2)ccc1Br. The predicted molar refractivity (Wildman–Crippen MR) is 89.1 cm³/mol. The number of rotatable bonds is 4. The molecule has 0 heterocycles. The zero-order valence-corrected chi connectivity index (χ0v) is 14.0. The minimum Gasteiger partial charge on any atom is -0.481 e.